The van der Waals surface area contributed by atoms with Gasteiger partial charge in [0.1, 0.15) is 5.75 Å². The Bertz CT molecular complexity index is 460. The van der Waals surface area contributed by atoms with Gasteiger partial charge in [0.25, 0.3) is 0 Å². The number of phenolic OH excluding ortho intramolecular Hbond substituents is 1. The van der Waals surface area contributed by atoms with Crippen LogP contribution in [0, 0.1) is 0 Å². The van der Waals surface area contributed by atoms with Crippen molar-refractivity contribution in [3.05, 3.63) is 29.1 Å². The second-order valence-corrected chi connectivity index (χ2v) is 4.90. The van der Waals surface area contributed by atoms with Gasteiger partial charge in [-0.2, -0.15) is 0 Å². The van der Waals surface area contributed by atoms with Gasteiger partial charge in [0.15, 0.2) is 0 Å². The van der Waals surface area contributed by atoms with Gasteiger partial charge in [0, 0.05) is 4.88 Å². The highest BCUT2D eigenvalue weighted by Crippen LogP contribution is 2.32. The molecule has 0 atom stereocenters. The lowest BCUT2D eigenvalue weighted by molar-refractivity contribution is 0.0675. The SMILES string of the molecule is CC(C)OCc1cc2cccc(O)c2s1. The third-order valence-electron chi connectivity index (χ3n) is 2.13. The van der Waals surface area contributed by atoms with Crippen molar-refractivity contribution in [2.45, 2.75) is 26.6 Å². The van der Waals surface area contributed by atoms with E-state index in [1.54, 1.807) is 17.4 Å². The Morgan fingerprint density at radius 3 is 2.87 bits per heavy atom. The highest BCUT2D eigenvalue weighted by atomic mass is 32.1. The Morgan fingerprint density at radius 2 is 2.20 bits per heavy atom. The maximum Gasteiger partial charge on any atom is 0.133 e. The third kappa shape index (κ3) is 2.30. The molecule has 0 bridgehead atoms. The fraction of sp³-hybridized carbons (Fsp3) is 0.333. The molecule has 0 fully saturated rings. The van der Waals surface area contributed by atoms with Crippen molar-refractivity contribution in [2.75, 3.05) is 0 Å². The number of fused-ring (bicyclic) bond motifs is 1. The van der Waals surface area contributed by atoms with E-state index in [1.807, 2.05) is 26.0 Å². The lowest BCUT2D eigenvalue weighted by Gasteiger charge is -2.04. The van der Waals surface area contributed by atoms with Crippen LogP contribution in [0.5, 0.6) is 5.75 Å². The summed E-state index contributed by atoms with van der Waals surface area (Å²) in [5.74, 6) is 0.355. The van der Waals surface area contributed by atoms with Crippen LogP contribution in [0.1, 0.15) is 18.7 Å². The standard InChI is InChI=1S/C12H14O2S/c1-8(2)14-7-10-6-9-4-3-5-11(13)12(9)15-10/h3-6,8,13H,7H2,1-2H3. The number of hydrogen-bond acceptors (Lipinski definition) is 3. The predicted octanol–water partition coefficient (Wildman–Crippen LogP) is 3.53. The van der Waals surface area contributed by atoms with Crippen molar-refractivity contribution >= 4 is 21.4 Å². The van der Waals surface area contributed by atoms with E-state index >= 15 is 0 Å². The maximum absolute atomic E-state index is 9.63. The molecule has 0 amide bonds. The van der Waals surface area contributed by atoms with Crippen molar-refractivity contribution in [2.24, 2.45) is 0 Å². The predicted molar refractivity (Wildman–Crippen MR) is 63.4 cm³/mol. The van der Waals surface area contributed by atoms with E-state index in [4.69, 9.17) is 4.74 Å². The average molecular weight is 222 g/mol. The summed E-state index contributed by atoms with van der Waals surface area (Å²) in [4.78, 5) is 1.15. The van der Waals surface area contributed by atoms with Crippen molar-refractivity contribution in [3.63, 3.8) is 0 Å². The summed E-state index contributed by atoms with van der Waals surface area (Å²) in [5, 5.41) is 10.7. The first-order chi connectivity index (χ1) is 7.16. The second kappa shape index (κ2) is 4.21. The molecule has 2 rings (SSSR count). The molecule has 1 N–H and O–H groups in total. The second-order valence-electron chi connectivity index (χ2n) is 3.77. The number of rotatable bonds is 3. The fourth-order valence-electron chi connectivity index (χ4n) is 1.42. The van der Waals surface area contributed by atoms with E-state index < -0.39 is 0 Å². The Labute approximate surface area is 93.1 Å². The van der Waals surface area contributed by atoms with Gasteiger partial charge in [0.05, 0.1) is 17.4 Å². The Hall–Kier alpha value is -1.06. The molecule has 0 saturated heterocycles. The molecule has 2 aromatic rings. The van der Waals surface area contributed by atoms with Gasteiger partial charge >= 0.3 is 0 Å². The molecule has 0 aliphatic heterocycles. The summed E-state index contributed by atoms with van der Waals surface area (Å²) >= 11 is 1.59. The van der Waals surface area contributed by atoms with Crippen molar-refractivity contribution in [3.8, 4) is 5.75 Å². The zero-order valence-electron chi connectivity index (χ0n) is 8.86. The van der Waals surface area contributed by atoms with Crippen LogP contribution in [0.4, 0.5) is 0 Å². The highest BCUT2D eigenvalue weighted by Gasteiger charge is 2.05. The van der Waals surface area contributed by atoms with E-state index in [-0.39, 0.29) is 6.10 Å². The molecule has 1 heterocycles. The molecule has 15 heavy (non-hydrogen) atoms. The first-order valence-electron chi connectivity index (χ1n) is 4.99. The van der Waals surface area contributed by atoms with E-state index in [9.17, 15) is 5.11 Å². The number of phenols is 1. The molecule has 0 radical (unpaired) electrons. The minimum atomic E-state index is 0.240. The monoisotopic (exact) mass is 222 g/mol. The number of benzene rings is 1. The highest BCUT2D eigenvalue weighted by molar-refractivity contribution is 7.19. The maximum atomic E-state index is 9.63. The fourth-order valence-corrected chi connectivity index (χ4v) is 2.41. The number of ether oxygens (including phenoxy) is 1. The van der Waals surface area contributed by atoms with Gasteiger partial charge in [-0.25, -0.2) is 0 Å². The number of hydrogen-bond donors (Lipinski definition) is 1. The van der Waals surface area contributed by atoms with Crippen LogP contribution >= 0.6 is 11.3 Å². The smallest absolute Gasteiger partial charge is 0.133 e. The molecule has 0 aliphatic rings. The van der Waals surface area contributed by atoms with E-state index in [0.29, 0.717) is 12.4 Å². The zero-order chi connectivity index (χ0) is 10.8. The summed E-state index contributed by atoms with van der Waals surface area (Å²) in [6.07, 6.45) is 0.240. The average Bonchev–Trinajstić information content (AvgIpc) is 2.59. The molecule has 80 valence electrons. The van der Waals surface area contributed by atoms with Gasteiger partial charge in [-0.3, -0.25) is 0 Å². The van der Waals surface area contributed by atoms with Crippen LogP contribution < -0.4 is 0 Å². The van der Waals surface area contributed by atoms with Crippen molar-refractivity contribution < 1.29 is 9.84 Å². The van der Waals surface area contributed by atoms with E-state index in [0.717, 1.165) is 15.0 Å². The Kier molecular flexibility index (Phi) is 2.93. The van der Waals surface area contributed by atoms with Crippen LogP contribution in [-0.2, 0) is 11.3 Å². The quantitative estimate of drug-likeness (QED) is 0.860. The largest absolute Gasteiger partial charge is 0.506 e. The molecular weight excluding hydrogens is 208 g/mol. The lowest BCUT2D eigenvalue weighted by Crippen LogP contribution is -2.00. The Balaban J connectivity index is 2.27. The van der Waals surface area contributed by atoms with Crippen LogP contribution in [-0.4, -0.2) is 11.2 Å². The minimum Gasteiger partial charge on any atom is -0.506 e. The van der Waals surface area contributed by atoms with Crippen molar-refractivity contribution in [1.29, 1.82) is 0 Å². The van der Waals surface area contributed by atoms with Gasteiger partial charge in [-0.15, -0.1) is 11.3 Å². The van der Waals surface area contributed by atoms with E-state index in [2.05, 4.69) is 6.07 Å². The molecular formula is C12H14O2S. The molecule has 0 aliphatic carbocycles. The normalized spacial score (nSPS) is 11.4. The molecule has 2 nitrogen and oxygen atoms in total. The van der Waals surface area contributed by atoms with E-state index in [1.165, 1.54) is 0 Å². The van der Waals surface area contributed by atoms with Crippen LogP contribution in [0.25, 0.3) is 10.1 Å². The van der Waals surface area contributed by atoms with Crippen molar-refractivity contribution in [1.82, 2.24) is 0 Å². The summed E-state index contributed by atoms with van der Waals surface area (Å²) in [6, 6.07) is 7.65. The summed E-state index contributed by atoms with van der Waals surface area (Å²) in [6.45, 7) is 4.66. The molecule has 1 aromatic carbocycles. The molecule has 0 unspecified atom stereocenters. The first kappa shape index (κ1) is 10.5. The van der Waals surface area contributed by atoms with Gasteiger partial charge in [0.2, 0.25) is 0 Å². The third-order valence-corrected chi connectivity index (χ3v) is 3.28. The molecule has 1 aromatic heterocycles. The summed E-state index contributed by atoms with van der Waals surface area (Å²) < 4.78 is 6.47. The molecule has 0 saturated carbocycles. The minimum absolute atomic E-state index is 0.240. The topological polar surface area (TPSA) is 29.5 Å². The van der Waals surface area contributed by atoms with Crippen LogP contribution in [0.15, 0.2) is 24.3 Å². The van der Waals surface area contributed by atoms with Crippen LogP contribution in [0.2, 0.25) is 0 Å². The number of aromatic hydroxyl groups is 1. The van der Waals surface area contributed by atoms with Crippen LogP contribution in [0.3, 0.4) is 0 Å². The lowest BCUT2D eigenvalue weighted by atomic mass is 10.2. The molecule has 3 heteroatoms. The van der Waals surface area contributed by atoms with Gasteiger partial charge in [-0.05, 0) is 31.4 Å². The summed E-state index contributed by atoms with van der Waals surface area (Å²) in [5.41, 5.74) is 0. The summed E-state index contributed by atoms with van der Waals surface area (Å²) in [7, 11) is 0. The Morgan fingerprint density at radius 1 is 1.40 bits per heavy atom. The first-order valence-corrected chi connectivity index (χ1v) is 5.80. The molecule has 0 spiro atoms. The van der Waals surface area contributed by atoms with Gasteiger partial charge < -0.3 is 9.84 Å². The zero-order valence-corrected chi connectivity index (χ0v) is 9.67. The van der Waals surface area contributed by atoms with Gasteiger partial charge in [-0.1, -0.05) is 12.1 Å². The number of thiophene rings is 1.